The molecule has 110 valence electrons. The zero-order valence-corrected chi connectivity index (χ0v) is 13.9. The topological polar surface area (TPSA) is 28.7 Å². The summed E-state index contributed by atoms with van der Waals surface area (Å²) in [5, 5.41) is 3.11. The summed E-state index contributed by atoms with van der Waals surface area (Å²) in [5.41, 5.74) is 3.43. The normalized spacial score (nSPS) is 11.8. The number of pyridine rings is 1. The molecule has 0 saturated heterocycles. The molecule has 0 unspecified atom stereocenters. The molecule has 4 aromatic rings. The van der Waals surface area contributed by atoms with E-state index in [0.717, 1.165) is 36.6 Å². The Balaban J connectivity index is 1.91. The van der Waals surface area contributed by atoms with Crippen molar-refractivity contribution in [2.24, 2.45) is 0 Å². The molecule has 0 bridgehead atoms. The Labute approximate surface area is 137 Å². The number of fused-ring (bicyclic) bond motifs is 2. The van der Waals surface area contributed by atoms with Crippen LogP contribution in [0, 0.1) is 0 Å². The minimum absolute atomic E-state index is 0.475. The summed E-state index contributed by atoms with van der Waals surface area (Å²) >= 11 is 8.20. The summed E-state index contributed by atoms with van der Waals surface area (Å²) in [4.78, 5) is 10.1. The Kier molecular flexibility index (Phi) is 3.21. The molecule has 0 aliphatic heterocycles. The van der Waals surface area contributed by atoms with Gasteiger partial charge in [-0.1, -0.05) is 31.5 Å². The van der Waals surface area contributed by atoms with Gasteiger partial charge >= 0.3 is 0 Å². The van der Waals surface area contributed by atoms with E-state index in [1.165, 1.54) is 5.69 Å². The lowest BCUT2D eigenvalue weighted by Crippen LogP contribution is -1.84. The smallest absolute Gasteiger partial charge is 0.123 e. The van der Waals surface area contributed by atoms with Gasteiger partial charge in [0.25, 0.3) is 0 Å². The van der Waals surface area contributed by atoms with Crippen LogP contribution in [-0.2, 0) is 0 Å². The molecular weight excluding hydrogens is 312 g/mol. The highest BCUT2D eigenvalue weighted by Gasteiger charge is 2.12. The Morgan fingerprint density at radius 3 is 2.77 bits per heavy atom. The van der Waals surface area contributed by atoms with E-state index in [4.69, 9.17) is 11.6 Å². The quantitative estimate of drug-likeness (QED) is 0.465. The number of rotatable bonds is 2. The highest BCUT2D eigenvalue weighted by Crippen LogP contribution is 2.38. The maximum Gasteiger partial charge on any atom is 0.123 e. The van der Waals surface area contributed by atoms with E-state index in [2.05, 4.69) is 48.1 Å². The van der Waals surface area contributed by atoms with Gasteiger partial charge in [-0.15, -0.1) is 11.3 Å². The summed E-state index contributed by atoms with van der Waals surface area (Å²) in [6.45, 7) is 4.37. The zero-order chi connectivity index (χ0) is 15.3. The minimum atomic E-state index is 0.475. The van der Waals surface area contributed by atoms with Gasteiger partial charge in [0.2, 0.25) is 0 Å². The molecule has 1 aromatic carbocycles. The first-order valence-electron chi connectivity index (χ1n) is 7.29. The van der Waals surface area contributed by atoms with Crippen molar-refractivity contribution in [2.45, 2.75) is 19.8 Å². The lowest BCUT2D eigenvalue weighted by Gasteiger charge is -2.02. The Morgan fingerprint density at radius 2 is 2.00 bits per heavy atom. The number of hydrogen-bond acceptors (Lipinski definition) is 2. The van der Waals surface area contributed by atoms with Gasteiger partial charge in [-0.2, -0.15) is 0 Å². The van der Waals surface area contributed by atoms with E-state index >= 15 is 0 Å². The minimum Gasteiger partial charge on any atom is -0.358 e. The summed E-state index contributed by atoms with van der Waals surface area (Å²) < 4.78 is 0. The van der Waals surface area contributed by atoms with Gasteiger partial charge in [-0.05, 0) is 36.2 Å². The van der Waals surface area contributed by atoms with Crippen LogP contribution in [0.4, 0.5) is 0 Å². The number of aromatic nitrogens is 2. The predicted octanol–water partition coefficient (Wildman–Crippen LogP) is 6.22. The van der Waals surface area contributed by atoms with E-state index in [1.807, 2.05) is 18.3 Å². The van der Waals surface area contributed by atoms with Crippen LogP contribution < -0.4 is 0 Å². The number of hydrogen-bond donors (Lipinski definition) is 1. The van der Waals surface area contributed by atoms with E-state index in [-0.39, 0.29) is 0 Å². The van der Waals surface area contributed by atoms with E-state index in [9.17, 15) is 0 Å². The molecule has 0 radical (unpaired) electrons. The number of thiophene rings is 1. The summed E-state index contributed by atoms with van der Waals surface area (Å²) in [7, 11) is 0. The maximum absolute atomic E-state index is 6.53. The van der Waals surface area contributed by atoms with Gasteiger partial charge < -0.3 is 4.98 Å². The van der Waals surface area contributed by atoms with Gasteiger partial charge in [0.05, 0.1) is 0 Å². The monoisotopic (exact) mass is 326 g/mol. The van der Waals surface area contributed by atoms with Crippen LogP contribution in [0.2, 0.25) is 5.02 Å². The van der Waals surface area contributed by atoms with Crippen molar-refractivity contribution in [1.82, 2.24) is 9.97 Å². The first-order chi connectivity index (χ1) is 10.6. The number of halogens is 1. The number of nitrogens with zero attached hydrogens (tertiary/aromatic N) is 1. The molecule has 0 fully saturated rings. The molecule has 0 amide bonds. The molecule has 2 nitrogen and oxygen atoms in total. The van der Waals surface area contributed by atoms with Gasteiger partial charge in [-0.25, -0.2) is 4.98 Å². The van der Waals surface area contributed by atoms with Crippen molar-refractivity contribution in [1.29, 1.82) is 0 Å². The van der Waals surface area contributed by atoms with Crippen LogP contribution in [0.5, 0.6) is 0 Å². The second-order valence-electron chi connectivity index (χ2n) is 5.81. The largest absolute Gasteiger partial charge is 0.358 e. The number of H-pyrrole nitrogens is 1. The average molecular weight is 327 g/mol. The van der Waals surface area contributed by atoms with Crippen LogP contribution in [0.1, 0.15) is 25.5 Å². The molecule has 0 atom stereocenters. The van der Waals surface area contributed by atoms with Crippen LogP contribution in [0.3, 0.4) is 0 Å². The molecule has 0 saturated carbocycles. The Hall–Kier alpha value is -1.84. The van der Waals surface area contributed by atoms with Crippen molar-refractivity contribution >= 4 is 44.1 Å². The average Bonchev–Trinajstić information content (AvgIpc) is 3.09. The first-order valence-corrected chi connectivity index (χ1v) is 8.48. The summed E-state index contributed by atoms with van der Waals surface area (Å²) in [6, 6.07) is 12.6. The molecule has 0 aliphatic carbocycles. The molecular formula is C18H15ClN2S. The zero-order valence-electron chi connectivity index (χ0n) is 12.4. The highest BCUT2D eigenvalue weighted by atomic mass is 35.5. The molecule has 0 aliphatic rings. The second kappa shape index (κ2) is 5.11. The lowest BCUT2D eigenvalue weighted by atomic mass is 10.1. The molecule has 4 heteroatoms. The van der Waals surface area contributed by atoms with Gasteiger partial charge in [0.15, 0.2) is 0 Å². The van der Waals surface area contributed by atoms with Crippen molar-refractivity contribution in [3.8, 4) is 10.4 Å². The number of benzene rings is 1. The van der Waals surface area contributed by atoms with Crippen molar-refractivity contribution < 1.29 is 0 Å². The van der Waals surface area contributed by atoms with Gasteiger partial charge in [0, 0.05) is 43.6 Å². The predicted molar refractivity (Wildman–Crippen MR) is 96.0 cm³/mol. The van der Waals surface area contributed by atoms with E-state index < -0.39 is 0 Å². The Bertz CT molecular complexity index is 948. The fraction of sp³-hybridized carbons (Fsp3) is 0.167. The third kappa shape index (κ3) is 2.21. The standard InChI is InChI=1S/C18H15ClN2S/c1-10(2)15-7-12-6-14(19)13(9-16(12)21-15)17-8-11-4-3-5-20-18(11)22-17/h3-10,21H,1-2H3. The Morgan fingerprint density at radius 1 is 1.14 bits per heavy atom. The molecule has 1 N–H and O–H groups in total. The number of nitrogens with one attached hydrogen (secondary N) is 1. The molecule has 3 aromatic heterocycles. The molecule has 0 spiro atoms. The van der Waals surface area contributed by atoms with Crippen molar-refractivity contribution in [2.75, 3.05) is 0 Å². The third-order valence-corrected chi connectivity index (χ3v) is 5.32. The molecule has 3 heterocycles. The molecule has 4 rings (SSSR count). The fourth-order valence-corrected chi connectivity index (χ4v) is 4.04. The van der Waals surface area contributed by atoms with Crippen LogP contribution in [0.25, 0.3) is 31.6 Å². The van der Waals surface area contributed by atoms with Gasteiger partial charge in [0.1, 0.15) is 4.83 Å². The van der Waals surface area contributed by atoms with Crippen LogP contribution in [0.15, 0.2) is 42.6 Å². The maximum atomic E-state index is 6.53. The first kappa shape index (κ1) is 13.8. The second-order valence-corrected chi connectivity index (χ2v) is 7.24. The molecule has 22 heavy (non-hydrogen) atoms. The lowest BCUT2D eigenvalue weighted by molar-refractivity contribution is 0.836. The summed E-state index contributed by atoms with van der Waals surface area (Å²) in [6.07, 6.45) is 1.83. The fourth-order valence-electron chi connectivity index (χ4n) is 2.68. The van der Waals surface area contributed by atoms with Crippen molar-refractivity contribution in [3.63, 3.8) is 0 Å². The van der Waals surface area contributed by atoms with E-state index in [1.54, 1.807) is 11.3 Å². The van der Waals surface area contributed by atoms with Gasteiger partial charge in [-0.3, -0.25) is 0 Å². The summed E-state index contributed by atoms with van der Waals surface area (Å²) in [5.74, 6) is 0.475. The highest BCUT2D eigenvalue weighted by molar-refractivity contribution is 7.21. The number of aromatic amines is 1. The van der Waals surface area contributed by atoms with Crippen LogP contribution in [-0.4, -0.2) is 9.97 Å². The SMILES string of the molecule is CC(C)c1cc2cc(Cl)c(-c3cc4cccnc4s3)cc2[nH]1. The van der Waals surface area contributed by atoms with E-state index in [0.29, 0.717) is 5.92 Å². The van der Waals surface area contributed by atoms with Crippen LogP contribution >= 0.6 is 22.9 Å². The van der Waals surface area contributed by atoms with Crippen molar-refractivity contribution in [3.05, 3.63) is 53.3 Å². The third-order valence-electron chi connectivity index (χ3n) is 3.91.